The van der Waals surface area contributed by atoms with Crippen LogP contribution in [0.1, 0.15) is 6.42 Å². The molecule has 3 N–H and O–H groups in total. The van der Waals surface area contributed by atoms with Gasteiger partial charge < -0.3 is 20.7 Å². The lowest BCUT2D eigenvalue weighted by atomic mass is 10.4. The Morgan fingerprint density at radius 2 is 2.29 bits per heavy atom. The van der Waals surface area contributed by atoms with Crippen LogP contribution in [0.3, 0.4) is 0 Å². The average molecular weight is 201 g/mol. The standard InChI is InChI=1S/C9H19N3O2/c10-2-7-14-8-9(13)12-5-1-3-11-4-6-12/h11H,1-8,10H2. The van der Waals surface area contributed by atoms with E-state index in [2.05, 4.69) is 5.32 Å². The van der Waals surface area contributed by atoms with Gasteiger partial charge in [0, 0.05) is 26.2 Å². The van der Waals surface area contributed by atoms with Crippen molar-refractivity contribution in [2.45, 2.75) is 6.42 Å². The first-order valence-corrected chi connectivity index (χ1v) is 5.11. The van der Waals surface area contributed by atoms with Gasteiger partial charge >= 0.3 is 0 Å². The van der Waals surface area contributed by atoms with Gasteiger partial charge in [0.25, 0.3) is 0 Å². The molecule has 0 aliphatic carbocycles. The van der Waals surface area contributed by atoms with Crippen molar-refractivity contribution < 1.29 is 9.53 Å². The highest BCUT2D eigenvalue weighted by atomic mass is 16.5. The molecular weight excluding hydrogens is 182 g/mol. The SMILES string of the molecule is NCCOCC(=O)N1CCCNCC1. The van der Waals surface area contributed by atoms with Crippen LogP contribution in [-0.2, 0) is 9.53 Å². The Balaban J connectivity index is 2.20. The maximum absolute atomic E-state index is 11.6. The van der Waals surface area contributed by atoms with Crippen molar-refractivity contribution in [1.82, 2.24) is 10.2 Å². The summed E-state index contributed by atoms with van der Waals surface area (Å²) in [4.78, 5) is 13.4. The van der Waals surface area contributed by atoms with Crippen LogP contribution in [0, 0.1) is 0 Å². The molecule has 0 atom stereocenters. The van der Waals surface area contributed by atoms with Crippen molar-refractivity contribution in [3.8, 4) is 0 Å². The first-order chi connectivity index (χ1) is 6.84. The minimum Gasteiger partial charge on any atom is -0.370 e. The zero-order valence-electron chi connectivity index (χ0n) is 8.50. The fraction of sp³-hybridized carbons (Fsp3) is 0.889. The third-order valence-corrected chi connectivity index (χ3v) is 2.18. The predicted octanol–water partition coefficient (Wildman–Crippen LogP) is -1.22. The molecule has 5 nitrogen and oxygen atoms in total. The Labute approximate surface area is 84.6 Å². The van der Waals surface area contributed by atoms with Crippen LogP contribution in [0.4, 0.5) is 0 Å². The molecule has 1 fully saturated rings. The number of ether oxygens (including phenoxy) is 1. The van der Waals surface area contributed by atoms with Crippen LogP contribution in [0.25, 0.3) is 0 Å². The normalized spacial score (nSPS) is 17.9. The van der Waals surface area contributed by atoms with Crippen molar-refractivity contribution in [1.29, 1.82) is 0 Å². The summed E-state index contributed by atoms with van der Waals surface area (Å²) in [6, 6.07) is 0. The lowest BCUT2D eigenvalue weighted by Gasteiger charge is -2.19. The van der Waals surface area contributed by atoms with E-state index in [0.29, 0.717) is 13.2 Å². The van der Waals surface area contributed by atoms with Crippen LogP contribution in [0.5, 0.6) is 0 Å². The minimum absolute atomic E-state index is 0.0714. The third-order valence-electron chi connectivity index (χ3n) is 2.18. The van der Waals surface area contributed by atoms with E-state index in [4.69, 9.17) is 10.5 Å². The van der Waals surface area contributed by atoms with Gasteiger partial charge in [0.2, 0.25) is 5.91 Å². The van der Waals surface area contributed by atoms with E-state index in [1.165, 1.54) is 0 Å². The monoisotopic (exact) mass is 201 g/mol. The summed E-state index contributed by atoms with van der Waals surface area (Å²) < 4.78 is 5.10. The minimum atomic E-state index is 0.0714. The number of nitrogens with one attached hydrogen (secondary N) is 1. The number of rotatable bonds is 4. The molecule has 1 aliphatic rings. The summed E-state index contributed by atoms with van der Waals surface area (Å²) in [6.07, 6.45) is 1.02. The maximum atomic E-state index is 11.6. The van der Waals surface area contributed by atoms with Crippen LogP contribution >= 0.6 is 0 Å². The predicted molar refractivity (Wildman–Crippen MR) is 53.9 cm³/mol. The molecule has 0 spiro atoms. The molecule has 0 aromatic carbocycles. The van der Waals surface area contributed by atoms with Gasteiger partial charge in [0.05, 0.1) is 6.61 Å². The van der Waals surface area contributed by atoms with Crippen molar-refractivity contribution in [2.75, 3.05) is 45.9 Å². The van der Waals surface area contributed by atoms with Gasteiger partial charge in [-0.3, -0.25) is 4.79 Å². The highest BCUT2D eigenvalue weighted by Gasteiger charge is 2.14. The molecular formula is C9H19N3O2. The number of nitrogens with zero attached hydrogens (tertiary/aromatic N) is 1. The lowest BCUT2D eigenvalue weighted by Crippen LogP contribution is -2.37. The first kappa shape index (κ1) is 11.4. The van der Waals surface area contributed by atoms with Gasteiger partial charge in [-0.15, -0.1) is 0 Å². The van der Waals surface area contributed by atoms with Crippen LogP contribution in [0.2, 0.25) is 0 Å². The number of carbonyl (C=O) groups is 1. The lowest BCUT2D eigenvalue weighted by molar-refractivity contribution is -0.135. The largest absolute Gasteiger partial charge is 0.370 e. The number of carbonyl (C=O) groups excluding carboxylic acids is 1. The maximum Gasteiger partial charge on any atom is 0.248 e. The molecule has 82 valence electrons. The molecule has 1 heterocycles. The van der Waals surface area contributed by atoms with E-state index in [0.717, 1.165) is 32.6 Å². The molecule has 14 heavy (non-hydrogen) atoms. The van der Waals surface area contributed by atoms with Gasteiger partial charge in [0.15, 0.2) is 0 Å². The fourth-order valence-corrected chi connectivity index (χ4v) is 1.43. The summed E-state index contributed by atoms with van der Waals surface area (Å²) in [5.74, 6) is 0.0714. The molecule has 1 aliphatic heterocycles. The van der Waals surface area contributed by atoms with Crippen LogP contribution < -0.4 is 11.1 Å². The van der Waals surface area contributed by atoms with E-state index in [1.807, 2.05) is 4.90 Å². The Kier molecular flexibility index (Phi) is 5.51. The summed E-state index contributed by atoms with van der Waals surface area (Å²) in [5, 5.41) is 3.24. The second-order valence-electron chi connectivity index (χ2n) is 3.33. The van der Waals surface area contributed by atoms with Gasteiger partial charge in [0.1, 0.15) is 6.61 Å². The molecule has 1 rings (SSSR count). The van der Waals surface area contributed by atoms with Crippen molar-refractivity contribution in [3.63, 3.8) is 0 Å². The topological polar surface area (TPSA) is 67.6 Å². The van der Waals surface area contributed by atoms with Crippen LogP contribution in [0.15, 0.2) is 0 Å². The van der Waals surface area contributed by atoms with E-state index in [1.54, 1.807) is 0 Å². The number of nitrogens with two attached hydrogens (primary N) is 1. The molecule has 0 aromatic rings. The summed E-state index contributed by atoms with van der Waals surface area (Å²) in [5.41, 5.74) is 5.26. The van der Waals surface area contributed by atoms with Crippen molar-refractivity contribution in [3.05, 3.63) is 0 Å². The zero-order valence-corrected chi connectivity index (χ0v) is 8.50. The molecule has 5 heteroatoms. The van der Waals surface area contributed by atoms with Gasteiger partial charge in [-0.05, 0) is 13.0 Å². The molecule has 0 unspecified atom stereocenters. The fourth-order valence-electron chi connectivity index (χ4n) is 1.43. The van der Waals surface area contributed by atoms with E-state index in [9.17, 15) is 4.79 Å². The van der Waals surface area contributed by atoms with E-state index < -0.39 is 0 Å². The van der Waals surface area contributed by atoms with Gasteiger partial charge in [-0.2, -0.15) is 0 Å². The van der Waals surface area contributed by atoms with E-state index >= 15 is 0 Å². The average Bonchev–Trinajstić information content (AvgIpc) is 2.46. The van der Waals surface area contributed by atoms with Crippen molar-refractivity contribution >= 4 is 5.91 Å². The number of amides is 1. The zero-order chi connectivity index (χ0) is 10.2. The smallest absolute Gasteiger partial charge is 0.248 e. The number of hydrogen-bond donors (Lipinski definition) is 2. The Hall–Kier alpha value is -0.650. The van der Waals surface area contributed by atoms with Gasteiger partial charge in [-0.25, -0.2) is 0 Å². The molecule has 0 bridgehead atoms. The third kappa shape index (κ3) is 4.04. The summed E-state index contributed by atoms with van der Waals surface area (Å²) in [6.45, 7) is 4.57. The first-order valence-electron chi connectivity index (χ1n) is 5.11. The van der Waals surface area contributed by atoms with Crippen LogP contribution in [-0.4, -0.2) is 56.7 Å². The summed E-state index contributed by atoms with van der Waals surface area (Å²) in [7, 11) is 0. The quantitative estimate of drug-likeness (QED) is 0.560. The molecule has 1 saturated heterocycles. The highest BCUT2D eigenvalue weighted by Crippen LogP contribution is 1.96. The van der Waals surface area contributed by atoms with E-state index in [-0.39, 0.29) is 12.5 Å². The second kappa shape index (κ2) is 6.75. The molecule has 1 amide bonds. The highest BCUT2D eigenvalue weighted by molar-refractivity contribution is 5.77. The second-order valence-corrected chi connectivity index (χ2v) is 3.33. The van der Waals surface area contributed by atoms with Gasteiger partial charge in [-0.1, -0.05) is 0 Å². The number of hydrogen-bond acceptors (Lipinski definition) is 4. The Bertz CT molecular complexity index is 167. The molecule has 0 radical (unpaired) electrons. The molecule has 0 saturated carbocycles. The Morgan fingerprint density at radius 1 is 1.43 bits per heavy atom. The van der Waals surface area contributed by atoms with Crippen molar-refractivity contribution in [2.24, 2.45) is 5.73 Å². The Morgan fingerprint density at radius 3 is 3.07 bits per heavy atom. The summed E-state index contributed by atoms with van der Waals surface area (Å²) >= 11 is 0. The molecule has 0 aromatic heterocycles.